The number of para-hydroxylation sites is 1. The van der Waals surface area contributed by atoms with Gasteiger partial charge in [0, 0.05) is 43.5 Å². The number of aromatic nitrogens is 4. The Balaban J connectivity index is 1.07. The number of carbonyl (C=O) groups is 1. The van der Waals surface area contributed by atoms with E-state index in [1.165, 1.54) is 18.4 Å². The Morgan fingerprint density at radius 3 is 2.68 bits per heavy atom. The van der Waals surface area contributed by atoms with Crippen molar-refractivity contribution in [1.29, 1.82) is 0 Å². The Morgan fingerprint density at radius 1 is 1.00 bits per heavy atom. The number of benzene rings is 2. The molecule has 1 amide bonds. The van der Waals surface area contributed by atoms with Crippen LogP contribution in [0.15, 0.2) is 52.9 Å². The molecule has 0 spiro atoms. The van der Waals surface area contributed by atoms with E-state index in [1.807, 2.05) is 53.4 Å². The molecule has 2 aromatic carbocycles. The second-order valence-electron chi connectivity index (χ2n) is 8.75. The fourth-order valence-electron chi connectivity index (χ4n) is 4.84. The van der Waals surface area contributed by atoms with E-state index >= 15 is 0 Å². The van der Waals surface area contributed by atoms with E-state index in [9.17, 15) is 4.79 Å². The summed E-state index contributed by atoms with van der Waals surface area (Å²) in [6.45, 7) is 2.53. The van der Waals surface area contributed by atoms with Crippen molar-refractivity contribution in [3.05, 3.63) is 59.9 Å². The second-order valence-corrected chi connectivity index (χ2v) is 8.75. The summed E-state index contributed by atoms with van der Waals surface area (Å²) in [5.74, 6) is 2.48. The van der Waals surface area contributed by atoms with Crippen molar-refractivity contribution in [3.8, 4) is 11.4 Å². The quantitative estimate of drug-likeness (QED) is 0.454. The number of fused-ring (bicyclic) bond motifs is 3. The molecule has 0 N–H and O–H groups in total. The number of anilines is 1. The van der Waals surface area contributed by atoms with Gasteiger partial charge < -0.3 is 19.0 Å². The molecule has 1 saturated heterocycles. The number of amides is 1. The minimum absolute atomic E-state index is 0.0170. The van der Waals surface area contributed by atoms with Crippen molar-refractivity contribution in [1.82, 2.24) is 25.1 Å². The van der Waals surface area contributed by atoms with Crippen LogP contribution in [0.25, 0.3) is 16.7 Å². The molecule has 0 saturated carbocycles. The van der Waals surface area contributed by atoms with Crippen molar-refractivity contribution >= 4 is 22.8 Å². The van der Waals surface area contributed by atoms with Gasteiger partial charge in [-0.25, -0.2) is 0 Å². The molecule has 1 fully saturated rings. The summed E-state index contributed by atoms with van der Waals surface area (Å²) in [4.78, 5) is 16.8. The normalized spacial score (nSPS) is 16.0. The highest BCUT2D eigenvalue weighted by Crippen LogP contribution is 2.34. The van der Waals surface area contributed by atoms with Gasteiger partial charge in [-0.15, -0.1) is 0 Å². The van der Waals surface area contributed by atoms with Gasteiger partial charge in [0.05, 0.1) is 5.69 Å². The predicted octanol–water partition coefficient (Wildman–Crippen LogP) is 3.01. The largest absolute Gasteiger partial charge is 0.484 e. The predicted molar refractivity (Wildman–Crippen MR) is 126 cm³/mol. The molecule has 4 aromatic rings. The molecule has 2 aromatic heterocycles. The molecule has 9 heteroatoms. The summed E-state index contributed by atoms with van der Waals surface area (Å²) >= 11 is 0. The van der Waals surface area contributed by atoms with Crippen LogP contribution in [0.5, 0.6) is 5.75 Å². The van der Waals surface area contributed by atoms with Gasteiger partial charge in [0.15, 0.2) is 6.61 Å². The van der Waals surface area contributed by atoms with Gasteiger partial charge in [-0.1, -0.05) is 23.3 Å². The highest BCUT2D eigenvalue weighted by atomic mass is 16.5. The molecule has 34 heavy (non-hydrogen) atoms. The van der Waals surface area contributed by atoms with Crippen LogP contribution >= 0.6 is 0 Å². The zero-order valence-electron chi connectivity index (χ0n) is 18.9. The fraction of sp³-hybridized carbons (Fsp3) is 0.360. The van der Waals surface area contributed by atoms with Crippen molar-refractivity contribution in [3.63, 3.8) is 0 Å². The number of furan rings is 1. The number of hydrogen-bond acceptors (Lipinski definition) is 7. The van der Waals surface area contributed by atoms with Crippen molar-refractivity contribution < 1.29 is 13.9 Å². The first-order chi connectivity index (χ1) is 16.8. The molecule has 1 aliphatic carbocycles. The van der Waals surface area contributed by atoms with E-state index in [0.717, 1.165) is 35.3 Å². The minimum Gasteiger partial charge on any atom is -0.484 e. The molecular weight excluding hydrogens is 432 g/mol. The SMILES string of the molecule is O=C(COc1ccc2oc3c(c2c1)CCCC3)N1CCN(c2nnnn2-c2ccccc2)CC1. The first-order valence-corrected chi connectivity index (χ1v) is 11.8. The van der Waals surface area contributed by atoms with Gasteiger partial charge in [-0.05, 0) is 60.0 Å². The zero-order chi connectivity index (χ0) is 22.9. The van der Waals surface area contributed by atoms with E-state index in [0.29, 0.717) is 37.9 Å². The maximum absolute atomic E-state index is 12.8. The Bertz CT molecular complexity index is 1310. The van der Waals surface area contributed by atoms with E-state index in [-0.39, 0.29) is 12.5 Å². The van der Waals surface area contributed by atoms with Gasteiger partial charge in [0.1, 0.15) is 17.1 Å². The average Bonchev–Trinajstić information content (AvgIpc) is 3.53. The average molecular weight is 459 g/mol. The summed E-state index contributed by atoms with van der Waals surface area (Å²) < 4.78 is 13.6. The topological polar surface area (TPSA) is 89.5 Å². The molecule has 1 aliphatic heterocycles. The Morgan fingerprint density at radius 2 is 1.82 bits per heavy atom. The number of hydrogen-bond donors (Lipinski definition) is 0. The van der Waals surface area contributed by atoms with Crippen molar-refractivity contribution in [2.75, 3.05) is 37.7 Å². The Hall–Kier alpha value is -3.88. The van der Waals surface area contributed by atoms with Crippen LogP contribution in [0.3, 0.4) is 0 Å². The summed E-state index contributed by atoms with van der Waals surface area (Å²) in [6.07, 6.45) is 4.42. The lowest BCUT2D eigenvalue weighted by Gasteiger charge is -2.34. The number of ether oxygens (including phenoxy) is 1. The third kappa shape index (κ3) is 3.87. The highest BCUT2D eigenvalue weighted by molar-refractivity contribution is 5.84. The highest BCUT2D eigenvalue weighted by Gasteiger charge is 2.25. The molecule has 0 bridgehead atoms. The third-order valence-electron chi connectivity index (χ3n) is 6.66. The number of rotatable bonds is 5. The second kappa shape index (κ2) is 8.81. The smallest absolute Gasteiger partial charge is 0.260 e. The summed E-state index contributed by atoms with van der Waals surface area (Å²) in [5, 5.41) is 13.3. The van der Waals surface area contributed by atoms with Gasteiger partial charge in [-0.2, -0.15) is 4.68 Å². The molecule has 2 aliphatic rings. The first-order valence-electron chi connectivity index (χ1n) is 11.8. The van der Waals surface area contributed by atoms with Gasteiger partial charge in [-0.3, -0.25) is 4.79 Å². The Labute approximate surface area is 196 Å². The van der Waals surface area contributed by atoms with Crippen LogP contribution in [0.2, 0.25) is 0 Å². The third-order valence-corrected chi connectivity index (χ3v) is 6.66. The molecule has 0 atom stereocenters. The minimum atomic E-state index is -0.0170. The Kier molecular flexibility index (Phi) is 5.37. The number of piperazine rings is 1. The monoisotopic (exact) mass is 458 g/mol. The molecular formula is C25H26N6O3. The summed E-state index contributed by atoms with van der Waals surface area (Å²) in [5.41, 5.74) is 3.11. The first kappa shape index (κ1) is 20.7. The number of nitrogens with zero attached hydrogens (tertiary/aromatic N) is 6. The fourth-order valence-corrected chi connectivity index (χ4v) is 4.84. The number of carbonyl (C=O) groups excluding carboxylic acids is 1. The van der Waals surface area contributed by atoms with Crippen molar-refractivity contribution in [2.24, 2.45) is 0 Å². The van der Waals surface area contributed by atoms with Crippen LogP contribution in [0, 0.1) is 0 Å². The van der Waals surface area contributed by atoms with Crippen LogP contribution in [0.4, 0.5) is 5.95 Å². The number of aryl methyl sites for hydroxylation is 2. The summed E-state index contributed by atoms with van der Waals surface area (Å²) in [6, 6.07) is 15.6. The molecule has 9 nitrogen and oxygen atoms in total. The van der Waals surface area contributed by atoms with Gasteiger partial charge >= 0.3 is 0 Å². The van der Waals surface area contributed by atoms with E-state index in [1.54, 1.807) is 4.68 Å². The molecule has 174 valence electrons. The molecule has 6 rings (SSSR count). The van der Waals surface area contributed by atoms with Crippen LogP contribution < -0.4 is 9.64 Å². The lowest BCUT2D eigenvalue weighted by atomic mass is 9.96. The maximum atomic E-state index is 12.8. The maximum Gasteiger partial charge on any atom is 0.260 e. The lowest BCUT2D eigenvalue weighted by Crippen LogP contribution is -2.50. The van der Waals surface area contributed by atoms with Crippen LogP contribution in [-0.2, 0) is 17.6 Å². The van der Waals surface area contributed by atoms with Crippen LogP contribution in [-0.4, -0.2) is 63.8 Å². The van der Waals surface area contributed by atoms with Gasteiger partial charge in [0.2, 0.25) is 5.95 Å². The standard InChI is InChI=1S/C25H26N6O3/c32-24(17-33-19-10-11-23-21(16-19)20-8-4-5-9-22(20)34-23)29-12-14-30(15-13-29)25-26-27-28-31(25)18-6-2-1-3-7-18/h1-3,6-7,10-11,16H,4-5,8-9,12-15,17H2. The van der Waals surface area contributed by atoms with E-state index in [2.05, 4.69) is 20.4 Å². The zero-order valence-corrected chi connectivity index (χ0v) is 18.9. The lowest BCUT2D eigenvalue weighted by molar-refractivity contribution is -0.133. The van der Waals surface area contributed by atoms with Crippen molar-refractivity contribution in [2.45, 2.75) is 25.7 Å². The summed E-state index contributed by atoms with van der Waals surface area (Å²) in [7, 11) is 0. The number of tetrazole rings is 1. The molecule has 3 heterocycles. The van der Waals surface area contributed by atoms with Crippen LogP contribution in [0.1, 0.15) is 24.2 Å². The van der Waals surface area contributed by atoms with Gasteiger partial charge in [0.25, 0.3) is 5.91 Å². The van der Waals surface area contributed by atoms with E-state index < -0.39 is 0 Å². The molecule has 0 radical (unpaired) electrons. The molecule has 0 unspecified atom stereocenters. The van der Waals surface area contributed by atoms with E-state index in [4.69, 9.17) is 9.15 Å².